The summed E-state index contributed by atoms with van der Waals surface area (Å²) < 4.78 is 11.6. The van der Waals surface area contributed by atoms with Gasteiger partial charge in [-0.3, -0.25) is 4.79 Å². The van der Waals surface area contributed by atoms with Crippen molar-refractivity contribution < 1.29 is 19.1 Å². The highest BCUT2D eigenvalue weighted by atomic mass is 32.1. The Morgan fingerprint density at radius 2 is 1.94 bits per heavy atom. The molecule has 0 saturated carbocycles. The summed E-state index contributed by atoms with van der Waals surface area (Å²) in [7, 11) is 1.61. The topological polar surface area (TPSA) is 71.1 Å². The van der Waals surface area contributed by atoms with Gasteiger partial charge >= 0.3 is 6.03 Å². The number of nitrogens with one attached hydrogen (secondary N) is 1. The largest absolute Gasteiger partial charge is 0.493 e. The molecule has 3 rings (SSSR count). The Morgan fingerprint density at radius 3 is 2.62 bits per heavy atom. The van der Waals surface area contributed by atoms with Gasteiger partial charge in [0, 0.05) is 24.0 Å². The number of carbonyl (C=O) groups is 2. The summed E-state index contributed by atoms with van der Waals surface area (Å²) in [6.07, 6.45) is 1.75. The summed E-state index contributed by atoms with van der Waals surface area (Å²) >= 11 is 1.72. The average Bonchev–Trinajstić information content (AvgIpc) is 3.30. The van der Waals surface area contributed by atoms with Crippen LogP contribution in [0.2, 0.25) is 0 Å². The summed E-state index contributed by atoms with van der Waals surface area (Å²) in [6.45, 7) is 9.56. The number of carbonyl (C=O) groups excluding carboxylic acids is 2. The van der Waals surface area contributed by atoms with Crippen molar-refractivity contribution in [3.05, 3.63) is 46.2 Å². The molecule has 2 aromatic rings. The molecule has 1 N–H and O–H groups in total. The van der Waals surface area contributed by atoms with E-state index in [2.05, 4.69) is 30.6 Å². The molecule has 2 heterocycles. The molecule has 2 unspecified atom stereocenters. The highest BCUT2D eigenvalue weighted by Gasteiger charge is 2.34. The lowest BCUT2D eigenvalue weighted by Crippen LogP contribution is -2.51. The molecule has 8 heteroatoms. The van der Waals surface area contributed by atoms with Crippen LogP contribution in [0.3, 0.4) is 0 Å². The predicted octanol–water partition coefficient (Wildman–Crippen LogP) is 4.73. The molecule has 0 aliphatic carbocycles. The fourth-order valence-electron chi connectivity index (χ4n) is 4.10. The first-order valence-corrected chi connectivity index (χ1v) is 12.9. The van der Waals surface area contributed by atoms with Crippen LogP contribution in [0, 0.1) is 5.92 Å². The molecule has 3 amide bonds. The van der Waals surface area contributed by atoms with Crippen molar-refractivity contribution in [3.63, 3.8) is 0 Å². The zero-order valence-electron chi connectivity index (χ0n) is 20.9. The number of para-hydroxylation sites is 2. The molecule has 0 saturated heterocycles. The second-order valence-electron chi connectivity index (χ2n) is 9.11. The van der Waals surface area contributed by atoms with Crippen molar-refractivity contribution >= 4 is 23.3 Å². The fraction of sp³-hybridized carbons (Fsp3) is 0.538. The maximum atomic E-state index is 13.6. The third-order valence-electron chi connectivity index (χ3n) is 6.14. The Balaban J connectivity index is 1.79. The molecule has 0 spiro atoms. The summed E-state index contributed by atoms with van der Waals surface area (Å²) in [5.41, 5.74) is 1.12. The summed E-state index contributed by atoms with van der Waals surface area (Å²) in [4.78, 5) is 31.2. The van der Waals surface area contributed by atoms with E-state index in [1.54, 1.807) is 23.3 Å². The lowest BCUT2D eigenvalue weighted by Gasteiger charge is -2.37. The van der Waals surface area contributed by atoms with Crippen LogP contribution in [0.4, 0.5) is 4.79 Å². The number of benzene rings is 1. The molecule has 186 valence electrons. The number of thiophene rings is 1. The fourth-order valence-corrected chi connectivity index (χ4v) is 5.03. The third-order valence-corrected chi connectivity index (χ3v) is 7.13. The zero-order chi connectivity index (χ0) is 24.7. The summed E-state index contributed by atoms with van der Waals surface area (Å²) in [5, 5.41) is 5.01. The molecular weight excluding hydrogens is 450 g/mol. The number of hydrogen-bond acceptors (Lipinski definition) is 5. The highest BCUT2D eigenvalue weighted by molar-refractivity contribution is 7.10. The van der Waals surface area contributed by atoms with Crippen LogP contribution < -0.4 is 14.8 Å². The van der Waals surface area contributed by atoms with Crippen LogP contribution in [0.25, 0.3) is 0 Å². The van der Waals surface area contributed by atoms with E-state index in [1.165, 1.54) is 4.88 Å². The predicted molar refractivity (Wildman–Crippen MR) is 136 cm³/mol. The number of hydrogen-bond donors (Lipinski definition) is 1. The van der Waals surface area contributed by atoms with Crippen molar-refractivity contribution in [3.8, 4) is 11.5 Å². The molecule has 1 aliphatic rings. The van der Waals surface area contributed by atoms with Gasteiger partial charge in [0.25, 0.3) is 0 Å². The van der Waals surface area contributed by atoms with Crippen LogP contribution in [-0.2, 0) is 11.2 Å². The van der Waals surface area contributed by atoms with Gasteiger partial charge < -0.3 is 24.6 Å². The van der Waals surface area contributed by atoms with Gasteiger partial charge in [-0.25, -0.2) is 4.79 Å². The number of ether oxygens (including phenoxy) is 2. The van der Waals surface area contributed by atoms with Crippen molar-refractivity contribution in [2.24, 2.45) is 5.92 Å². The van der Waals surface area contributed by atoms with Crippen molar-refractivity contribution in [2.45, 2.75) is 52.6 Å². The summed E-state index contributed by atoms with van der Waals surface area (Å²) in [5.74, 6) is 1.55. The molecule has 34 heavy (non-hydrogen) atoms. The van der Waals surface area contributed by atoms with Crippen LogP contribution in [0.1, 0.15) is 50.6 Å². The molecule has 1 aromatic carbocycles. The second kappa shape index (κ2) is 12.1. The average molecular weight is 488 g/mol. The standard InChI is InChI=1S/C26H37N3O4S/c1-6-19(4)15-28(26(31)27-18(2)3)16-25(30)29-13-11-24-20(12-14-34-24)21(29)17-33-23-10-8-7-9-22(23)32-5/h7-10,12,14,18-19,21H,6,11,13,15-17H2,1-5H3,(H,27,31). The molecule has 1 aliphatic heterocycles. The monoisotopic (exact) mass is 487 g/mol. The number of urea groups is 1. The van der Waals surface area contributed by atoms with Crippen LogP contribution in [0.5, 0.6) is 11.5 Å². The van der Waals surface area contributed by atoms with Gasteiger partial charge in [0.1, 0.15) is 13.2 Å². The van der Waals surface area contributed by atoms with Gasteiger partial charge in [-0.05, 0) is 55.3 Å². The van der Waals surface area contributed by atoms with E-state index >= 15 is 0 Å². The molecule has 7 nitrogen and oxygen atoms in total. The quantitative estimate of drug-likeness (QED) is 0.526. The van der Waals surface area contributed by atoms with Crippen LogP contribution >= 0.6 is 11.3 Å². The van der Waals surface area contributed by atoms with E-state index in [0.29, 0.717) is 37.1 Å². The number of amides is 3. The number of nitrogens with zero attached hydrogens (tertiary/aromatic N) is 2. The van der Waals surface area contributed by atoms with Crippen molar-refractivity contribution in [1.29, 1.82) is 0 Å². The number of fused-ring (bicyclic) bond motifs is 1. The van der Waals surface area contributed by atoms with Gasteiger partial charge in [0.05, 0.1) is 13.2 Å². The maximum absolute atomic E-state index is 13.6. The van der Waals surface area contributed by atoms with Crippen molar-refractivity contribution in [1.82, 2.24) is 15.1 Å². The Morgan fingerprint density at radius 1 is 1.21 bits per heavy atom. The molecule has 0 fully saturated rings. The number of methoxy groups -OCH3 is 1. The van der Waals surface area contributed by atoms with Gasteiger partial charge in [-0.1, -0.05) is 32.4 Å². The minimum absolute atomic E-state index is 0.00684. The molecule has 0 radical (unpaired) electrons. The lowest BCUT2D eigenvalue weighted by atomic mass is 10.00. The van der Waals surface area contributed by atoms with E-state index in [0.717, 1.165) is 18.4 Å². The molecule has 2 atom stereocenters. The van der Waals surface area contributed by atoms with E-state index in [9.17, 15) is 9.59 Å². The molecule has 1 aromatic heterocycles. The molecular formula is C26H37N3O4S. The maximum Gasteiger partial charge on any atom is 0.318 e. The van der Waals surface area contributed by atoms with Gasteiger partial charge in [-0.2, -0.15) is 0 Å². The van der Waals surface area contributed by atoms with E-state index < -0.39 is 0 Å². The minimum atomic E-state index is -0.217. The number of rotatable bonds is 10. The summed E-state index contributed by atoms with van der Waals surface area (Å²) in [6, 6.07) is 9.20. The van der Waals surface area contributed by atoms with E-state index in [4.69, 9.17) is 9.47 Å². The van der Waals surface area contributed by atoms with Gasteiger partial charge in [0.2, 0.25) is 5.91 Å². The Bertz CT molecular complexity index is 961. The first kappa shape index (κ1) is 25.9. The second-order valence-corrected chi connectivity index (χ2v) is 10.1. The van der Waals surface area contributed by atoms with E-state index in [1.807, 2.05) is 43.0 Å². The Hall–Kier alpha value is -2.74. The van der Waals surface area contributed by atoms with Crippen molar-refractivity contribution in [2.75, 3.05) is 33.4 Å². The smallest absolute Gasteiger partial charge is 0.318 e. The van der Waals surface area contributed by atoms with Crippen LogP contribution in [-0.4, -0.2) is 61.1 Å². The van der Waals surface area contributed by atoms with Crippen LogP contribution in [0.15, 0.2) is 35.7 Å². The third kappa shape index (κ3) is 6.44. The normalized spacial score (nSPS) is 16.1. The lowest BCUT2D eigenvalue weighted by molar-refractivity contribution is -0.135. The minimum Gasteiger partial charge on any atom is -0.493 e. The molecule has 0 bridgehead atoms. The first-order valence-electron chi connectivity index (χ1n) is 12.0. The highest BCUT2D eigenvalue weighted by Crippen LogP contribution is 2.35. The Kier molecular flexibility index (Phi) is 9.21. The zero-order valence-corrected chi connectivity index (χ0v) is 21.7. The van der Waals surface area contributed by atoms with Gasteiger partial charge in [-0.15, -0.1) is 11.3 Å². The SMILES string of the molecule is CCC(C)CN(CC(=O)N1CCc2sccc2C1COc1ccccc1OC)C(=O)NC(C)C. The Labute approximate surface area is 207 Å². The van der Waals surface area contributed by atoms with E-state index in [-0.39, 0.29) is 30.6 Å². The van der Waals surface area contributed by atoms with Gasteiger partial charge in [0.15, 0.2) is 11.5 Å². The first-order chi connectivity index (χ1) is 16.3.